The number of hydrogen-bond donors (Lipinski definition) is 0. The fourth-order valence-corrected chi connectivity index (χ4v) is 5.11. The molecular formula is C37H40F4N4O2S. The maximum Gasteiger partial charge on any atom is 0.416 e. The van der Waals surface area contributed by atoms with Crippen LogP contribution in [0.2, 0.25) is 0 Å². The number of hydrogen-bond acceptors (Lipinski definition) is 5. The van der Waals surface area contributed by atoms with E-state index in [4.69, 9.17) is 17.8 Å². The molecule has 254 valence electrons. The summed E-state index contributed by atoms with van der Waals surface area (Å²) in [5, 5.41) is -1.07. The van der Waals surface area contributed by atoms with E-state index >= 15 is 0 Å². The van der Waals surface area contributed by atoms with E-state index in [-0.39, 0.29) is 40.9 Å². The van der Waals surface area contributed by atoms with Crippen molar-refractivity contribution in [3.8, 4) is 11.1 Å². The second-order valence-electron chi connectivity index (χ2n) is 10.2. The van der Waals surface area contributed by atoms with Crippen LogP contribution in [0.1, 0.15) is 72.0 Å². The van der Waals surface area contributed by atoms with Crippen LogP contribution in [0.15, 0.2) is 82.7 Å². The number of alkyl halides is 3. The topological polar surface area (TPSA) is 58.4 Å². The normalized spacial score (nSPS) is 24.4. The lowest BCUT2D eigenvalue weighted by atomic mass is 10.0. The summed E-state index contributed by atoms with van der Waals surface area (Å²) in [6.45, 7) is -8.74. The number of benzene rings is 3. The number of carbonyl (C=O) groups excluding carboxylic acids is 1. The fraction of sp³-hybridized carbons (Fsp3) is 0.378. The molecule has 1 heterocycles. The molecule has 5 rings (SSSR count). The van der Waals surface area contributed by atoms with Crippen LogP contribution in [0.5, 0.6) is 0 Å². The van der Waals surface area contributed by atoms with Gasteiger partial charge < -0.3 is 14.4 Å². The minimum absolute atomic E-state index is 0.166. The molecule has 6 nitrogen and oxygen atoms in total. The molecule has 11 heteroatoms. The highest BCUT2D eigenvalue weighted by molar-refractivity contribution is 7.98. The highest BCUT2D eigenvalue weighted by atomic mass is 32.2. The molecule has 0 radical (unpaired) electrons. The van der Waals surface area contributed by atoms with Gasteiger partial charge in [0.1, 0.15) is 12.4 Å². The van der Waals surface area contributed by atoms with Crippen molar-refractivity contribution in [1.29, 1.82) is 0 Å². The number of aromatic nitrogens is 2. The van der Waals surface area contributed by atoms with Crippen LogP contribution in [0, 0.1) is 11.7 Å². The maximum absolute atomic E-state index is 15.0. The molecule has 48 heavy (non-hydrogen) atoms. The Kier molecular flexibility index (Phi) is 6.23. The van der Waals surface area contributed by atoms with Gasteiger partial charge in [-0.15, -0.1) is 0 Å². The monoisotopic (exact) mass is 697 g/mol. The molecule has 1 aromatic heterocycles. The number of amides is 1. The van der Waals surface area contributed by atoms with E-state index in [1.165, 1.54) is 26.0 Å². The highest BCUT2D eigenvalue weighted by Gasteiger charge is 2.30. The SMILES string of the molecule is [2H]c1c([2H])c(C([2H])([2H])Sc2nc(=O)c3c(n2CC(=O)N(C([2H])([2H])c2ccc(-c4ccc(C(F)(F)F)cc4)cc2)C([2H])([2H])C([2H])([2H])N(CC)CC)C([2H])([2H])C([2H])(C)C3([2H])[2H])c([2H])c([2H])c1F. The number of carbonyl (C=O) groups is 1. The Hall–Kier alpha value is -3.96. The molecule has 0 fully saturated rings. The van der Waals surface area contributed by atoms with Crippen molar-refractivity contribution in [1.82, 2.24) is 19.4 Å². The molecule has 0 N–H and O–H groups in total. The van der Waals surface area contributed by atoms with Gasteiger partial charge in [0.05, 0.1) is 16.5 Å². The van der Waals surface area contributed by atoms with E-state index in [0.717, 1.165) is 48.2 Å². The third kappa shape index (κ3) is 8.73. The lowest BCUT2D eigenvalue weighted by Crippen LogP contribution is -2.40. The predicted molar refractivity (Wildman–Crippen MR) is 181 cm³/mol. The van der Waals surface area contributed by atoms with Gasteiger partial charge in [0.15, 0.2) is 5.16 Å². The molecule has 0 bridgehead atoms. The van der Waals surface area contributed by atoms with E-state index < -0.39 is 131 Å². The van der Waals surface area contributed by atoms with Gasteiger partial charge in [0.25, 0.3) is 5.56 Å². The first-order chi connectivity index (χ1) is 29.5. The molecule has 1 atom stereocenters. The number of halogens is 4. The first-order valence-electron chi connectivity index (χ1n) is 23.0. The Bertz CT molecular complexity index is 2540. The van der Waals surface area contributed by atoms with Crippen LogP contribution >= 0.6 is 11.8 Å². The maximum atomic E-state index is 15.0. The van der Waals surface area contributed by atoms with Crippen LogP contribution in [-0.4, -0.2) is 51.3 Å². The Labute approximate surface area is 306 Å². The Morgan fingerprint density at radius 2 is 1.65 bits per heavy atom. The summed E-state index contributed by atoms with van der Waals surface area (Å²) in [5.74, 6) is -6.33. The largest absolute Gasteiger partial charge is 0.416 e. The Morgan fingerprint density at radius 3 is 2.25 bits per heavy atom. The van der Waals surface area contributed by atoms with Gasteiger partial charge in [-0.05, 0) is 78.2 Å². The molecule has 0 saturated heterocycles. The Balaban J connectivity index is 1.77. The van der Waals surface area contributed by atoms with E-state index in [0.29, 0.717) is 4.57 Å². The number of nitrogens with zero attached hydrogens (tertiary/aromatic N) is 4. The summed E-state index contributed by atoms with van der Waals surface area (Å²) < 4.78 is 204. The minimum Gasteiger partial charge on any atom is -0.336 e. The van der Waals surface area contributed by atoms with Gasteiger partial charge in [0.2, 0.25) is 5.91 Å². The zero-order chi connectivity index (χ0) is 49.6. The molecule has 1 amide bonds. The molecule has 1 aliphatic carbocycles. The fourth-order valence-electron chi connectivity index (χ4n) is 4.42. The van der Waals surface area contributed by atoms with Gasteiger partial charge >= 0.3 is 6.18 Å². The van der Waals surface area contributed by atoms with Gasteiger partial charge in [-0.25, -0.2) is 4.39 Å². The van der Waals surface area contributed by atoms with Crippen molar-refractivity contribution in [2.75, 3.05) is 26.1 Å². The third-order valence-electron chi connectivity index (χ3n) is 6.90. The summed E-state index contributed by atoms with van der Waals surface area (Å²) in [5.41, 5.74) is -9.25. The lowest BCUT2D eigenvalue weighted by Gasteiger charge is -2.28. The van der Waals surface area contributed by atoms with Crippen LogP contribution in [0.3, 0.4) is 0 Å². The van der Waals surface area contributed by atoms with Crippen LogP contribution in [-0.2, 0) is 42.5 Å². The van der Waals surface area contributed by atoms with Crippen LogP contribution in [0.25, 0.3) is 11.1 Å². The van der Waals surface area contributed by atoms with Gasteiger partial charge in [-0.3, -0.25) is 9.59 Å². The first-order valence-corrected chi connectivity index (χ1v) is 15.3. The summed E-state index contributed by atoms with van der Waals surface area (Å²) in [7, 11) is 0. The molecule has 0 spiro atoms. The third-order valence-corrected chi connectivity index (χ3v) is 7.70. The van der Waals surface area contributed by atoms with Crippen molar-refractivity contribution in [2.45, 2.75) is 63.6 Å². The van der Waals surface area contributed by atoms with Crippen molar-refractivity contribution < 1.29 is 45.7 Å². The number of thioether (sulfide) groups is 1. The zero-order valence-electron chi connectivity index (χ0n) is 42.8. The standard InChI is InChI=1S/C37H40F4N4O2S/c1-4-43(5-2)18-19-44(22-26-6-10-28(11-7-26)29-12-14-30(15-13-29)37(39,40)41)34(46)23-45-33-21-25(3)20-32(33)35(47)42-36(45)48-24-27-8-16-31(38)17-9-27/h6-17,25H,4-5,18-24H2,1-3H3/i8D,9D,16D,17D,18D2,19D2,20D2,21D2,22D2,24D2,25D. The van der Waals surface area contributed by atoms with E-state index in [2.05, 4.69) is 4.98 Å². The molecule has 4 aromatic rings. The molecule has 3 aromatic carbocycles. The number of rotatable bonds is 13. The average Bonchev–Trinajstić information content (AvgIpc) is 3.30. The Morgan fingerprint density at radius 1 is 1.02 bits per heavy atom. The smallest absolute Gasteiger partial charge is 0.336 e. The lowest BCUT2D eigenvalue weighted by molar-refractivity contribution is -0.137. The first kappa shape index (κ1) is 19.3. The molecule has 0 saturated carbocycles. The van der Waals surface area contributed by atoms with Crippen LogP contribution in [0.4, 0.5) is 17.6 Å². The van der Waals surface area contributed by atoms with Crippen molar-refractivity contribution in [3.05, 3.63) is 117 Å². The molecule has 1 aliphatic rings. The summed E-state index contributed by atoms with van der Waals surface area (Å²) >= 11 is -0.254. The molecule has 0 aliphatic heterocycles. The highest BCUT2D eigenvalue weighted by Crippen LogP contribution is 2.32. The quantitative estimate of drug-likeness (QED) is 0.0825. The summed E-state index contributed by atoms with van der Waals surface area (Å²) in [4.78, 5) is 33.2. The second kappa shape index (κ2) is 15.5. The summed E-state index contributed by atoms with van der Waals surface area (Å²) in [6.07, 6.45) is -11.2. The van der Waals surface area contributed by atoms with Gasteiger partial charge in [-0.1, -0.05) is 81.0 Å². The van der Waals surface area contributed by atoms with Gasteiger partial charge in [0, 0.05) is 48.8 Å². The molecule has 1 unspecified atom stereocenters. The van der Waals surface area contributed by atoms with Gasteiger partial charge in [-0.2, -0.15) is 18.2 Å². The zero-order valence-corrected chi connectivity index (χ0v) is 26.6. The summed E-state index contributed by atoms with van der Waals surface area (Å²) in [6, 6.07) is 3.39. The van der Waals surface area contributed by atoms with E-state index in [9.17, 15) is 32.6 Å². The number of likely N-dealkylation sites (N-methyl/N-ethyl adjacent to an activating group) is 1. The van der Waals surface area contributed by atoms with Crippen LogP contribution < -0.4 is 5.56 Å². The van der Waals surface area contributed by atoms with E-state index in [1.807, 2.05) is 0 Å². The van der Waals surface area contributed by atoms with E-state index in [1.54, 1.807) is 0 Å². The predicted octanol–water partition coefficient (Wildman–Crippen LogP) is 7.47. The number of fused-ring (bicyclic) bond motifs is 1. The van der Waals surface area contributed by atoms with Crippen molar-refractivity contribution in [3.63, 3.8) is 0 Å². The minimum atomic E-state index is -4.65. The van der Waals surface area contributed by atoms with Crippen molar-refractivity contribution in [2.24, 2.45) is 5.89 Å². The molecular weight excluding hydrogens is 640 g/mol. The van der Waals surface area contributed by atoms with Crippen molar-refractivity contribution >= 4 is 17.7 Å². The average molecular weight is 698 g/mol. The second-order valence-corrected chi connectivity index (χ2v) is 10.9.